The van der Waals surface area contributed by atoms with E-state index in [-0.39, 0.29) is 11.4 Å². The van der Waals surface area contributed by atoms with E-state index in [4.69, 9.17) is 0 Å². The first-order valence-electron chi connectivity index (χ1n) is 6.25. The van der Waals surface area contributed by atoms with Crippen molar-refractivity contribution in [3.05, 3.63) is 34.4 Å². The molecule has 0 fully saturated rings. The second kappa shape index (κ2) is 7.12. The second-order valence-corrected chi connectivity index (χ2v) is 4.47. The molecule has 3 N–H and O–H groups in total. The zero-order chi connectivity index (χ0) is 18.5. The van der Waals surface area contributed by atoms with Crippen molar-refractivity contribution in [3.8, 4) is 0 Å². The van der Waals surface area contributed by atoms with Crippen molar-refractivity contribution in [2.75, 3.05) is 12.5 Å². The number of non-ortho nitro benzene ring substituents is 1. The lowest BCUT2D eigenvalue weighted by atomic mass is 10.1. The van der Waals surface area contributed by atoms with Crippen LogP contribution >= 0.6 is 0 Å². The van der Waals surface area contributed by atoms with E-state index in [2.05, 4.69) is 10.2 Å². The van der Waals surface area contributed by atoms with Gasteiger partial charge >= 0.3 is 17.8 Å². The summed E-state index contributed by atoms with van der Waals surface area (Å²) >= 11 is 0. The molecular weight excluding hydrogens is 337 g/mol. The fraction of sp³-hybridized carbons (Fsp3) is 0.333. The molecule has 0 radical (unpaired) electrons. The lowest BCUT2D eigenvalue weighted by molar-refractivity contribution is -0.384. The van der Waals surface area contributed by atoms with E-state index in [0.29, 0.717) is 0 Å². The fourth-order valence-corrected chi connectivity index (χ4v) is 1.64. The van der Waals surface area contributed by atoms with Crippen LogP contribution in [0.1, 0.15) is 6.92 Å². The van der Waals surface area contributed by atoms with Crippen molar-refractivity contribution in [3.63, 3.8) is 0 Å². The number of rotatable bonds is 6. The predicted octanol–water partition coefficient (Wildman–Crippen LogP) is 1.08. The molecule has 0 saturated heterocycles. The highest BCUT2D eigenvalue weighted by atomic mass is 19.4. The van der Waals surface area contributed by atoms with Gasteiger partial charge < -0.3 is 15.5 Å². The minimum absolute atomic E-state index is 0.0246. The van der Waals surface area contributed by atoms with Gasteiger partial charge in [0.15, 0.2) is 0 Å². The van der Waals surface area contributed by atoms with Crippen LogP contribution in [-0.2, 0) is 14.3 Å². The third-order valence-electron chi connectivity index (χ3n) is 2.75. The summed E-state index contributed by atoms with van der Waals surface area (Å²) in [6.07, 6.45) is -5.25. The van der Waals surface area contributed by atoms with E-state index in [1.165, 1.54) is 5.32 Å². The molecule has 1 unspecified atom stereocenters. The highest BCUT2D eigenvalue weighted by Gasteiger charge is 2.63. The smallest absolute Gasteiger partial charge is 0.438 e. The number of carbonyl (C=O) groups excluding carboxylic acids is 2. The third-order valence-corrected chi connectivity index (χ3v) is 2.75. The first-order valence-corrected chi connectivity index (χ1v) is 6.25. The zero-order valence-electron chi connectivity index (χ0n) is 12.4. The Balaban J connectivity index is 3.10. The third kappa shape index (κ3) is 4.10. The summed E-state index contributed by atoms with van der Waals surface area (Å²) < 4.78 is 44.1. The molecule has 24 heavy (non-hydrogen) atoms. The molecule has 1 rings (SSSR count). The molecule has 0 aliphatic rings. The van der Waals surface area contributed by atoms with Gasteiger partial charge in [0.25, 0.3) is 5.69 Å². The SMILES string of the molecule is COC(=O)C(NNc1ccc([N+](=O)[O-])cc1)(NC(C)=O)C(F)(F)F. The number of nitrogens with zero attached hydrogens (tertiary/aromatic N) is 1. The monoisotopic (exact) mass is 350 g/mol. The van der Waals surface area contributed by atoms with Crippen molar-refractivity contribution < 1.29 is 32.4 Å². The Kier molecular flexibility index (Phi) is 5.69. The van der Waals surface area contributed by atoms with Crippen LogP contribution in [0.25, 0.3) is 0 Å². The Morgan fingerprint density at radius 3 is 2.12 bits per heavy atom. The number of hydrazine groups is 1. The Labute approximate surface area is 133 Å². The predicted molar refractivity (Wildman–Crippen MR) is 74.5 cm³/mol. The molecule has 0 bridgehead atoms. The number of methoxy groups -OCH3 is 1. The van der Waals surface area contributed by atoms with E-state index in [9.17, 15) is 32.9 Å². The maximum absolute atomic E-state index is 13.3. The van der Waals surface area contributed by atoms with Crippen molar-refractivity contribution in [2.24, 2.45) is 0 Å². The number of halogens is 3. The van der Waals surface area contributed by atoms with Crippen molar-refractivity contribution >= 4 is 23.3 Å². The molecule has 132 valence electrons. The van der Waals surface area contributed by atoms with Gasteiger partial charge in [0, 0.05) is 24.7 Å². The number of alkyl halides is 3. The Bertz CT molecular complexity index is 635. The molecule has 1 aromatic rings. The number of amides is 1. The summed E-state index contributed by atoms with van der Waals surface area (Å²) in [5.41, 5.74) is -0.111. The summed E-state index contributed by atoms with van der Waals surface area (Å²) in [4.78, 5) is 32.6. The fourth-order valence-electron chi connectivity index (χ4n) is 1.64. The minimum atomic E-state index is -5.25. The van der Waals surface area contributed by atoms with Gasteiger partial charge in [-0.05, 0) is 12.1 Å². The molecule has 0 aliphatic carbocycles. The van der Waals surface area contributed by atoms with Crippen LogP contribution in [-0.4, -0.2) is 35.7 Å². The maximum Gasteiger partial charge on any atom is 0.438 e. The number of hydrogen-bond donors (Lipinski definition) is 3. The molecule has 0 saturated carbocycles. The molecule has 1 amide bonds. The summed E-state index contributed by atoms with van der Waals surface area (Å²) in [6, 6.07) is 4.29. The topological polar surface area (TPSA) is 123 Å². The van der Waals surface area contributed by atoms with E-state index in [0.717, 1.165) is 38.3 Å². The average molecular weight is 350 g/mol. The lowest BCUT2D eigenvalue weighted by Gasteiger charge is -2.34. The number of ether oxygens (including phenoxy) is 1. The molecule has 1 aromatic carbocycles. The van der Waals surface area contributed by atoms with Gasteiger partial charge in [-0.15, -0.1) is 0 Å². The van der Waals surface area contributed by atoms with Crippen molar-refractivity contribution in [1.29, 1.82) is 0 Å². The normalized spacial score (nSPS) is 13.5. The van der Waals surface area contributed by atoms with E-state index >= 15 is 0 Å². The van der Waals surface area contributed by atoms with E-state index in [1.807, 2.05) is 0 Å². The molecular formula is C12H13F3N4O5. The molecule has 1 atom stereocenters. The van der Waals surface area contributed by atoms with Gasteiger partial charge in [-0.2, -0.15) is 18.6 Å². The van der Waals surface area contributed by atoms with Crippen LogP contribution in [0.5, 0.6) is 0 Å². The number of nitro groups is 1. The number of hydrogen-bond acceptors (Lipinski definition) is 7. The molecule has 0 aromatic heterocycles. The Hall–Kier alpha value is -2.89. The summed E-state index contributed by atoms with van der Waals surface area (Å²) in [7, 11) is 0.720. The second-order valence-electron chi connectivity index (χ2n) is 4.47. The van der Waals surface area contributed by atoms with Crippen LogP contribution in [0, 0.1) is 10.1 Å². The zero-order valence-corrected chi connectivity index (χ0v) is 12.4. The first kappa shape index (κ1) is 19.2. The minimum Gasteiger partial charge on any atom is -0.466 e. The van der Waals surface area contributed by atoms with Crippen LogP contribution in [0.15, 0.2) is 24.3 Å². The van der Waals surface area contributed by atoms with Gasteiger partial charge in [0.05, 0.1) is 12.0 Å². The van der Waals surface area contributed by atoms with E-state index < -0.39 is 28.6 Å². The molecule has 9 nitrogen and oxygen atoms in total. The van der Waals surface area contributed by atoms with Gasteiger partial charge in [-0.25, -0.2) is 4.79 Å². The Morgan fingerprint density at radius 1 is 1.21 bits per heavy atom. The largest absolute Gasteiger partial charge is 0.466 e. The van der Waals surface area contributed by atoms with Crippen LogP contribution in [0.4, 0.5) is 24.5 Å². The van der Waals surface area contributed by atoms with Gasteiger partial charge in [0.1, 0.15) is 0 Å². The summed E-state index contributed by atoms with van der Waals surface area (Å²) in [5.74, 6) is -2.95. The van der Waals surface area contributed by atoms with Crippen LogP contribution < -0.4 is 16.2 Å². The van der Waals surface area contributed by atoms with Crippen LogP contribution in [0.2, 0.25) is 0 Å². The van der Waals surface area contributed by atoms with Crippen molar-refractivity contribution in [1.82, 2.24) is 10.7 Å². The maximum atomic E-state index is 13.3. The number of nitrogens with one attached hydrogen (secondary N) is 3. The first-order chi connectivity index (χ1) is 11.0. The summed E-state index contributed by atoms with van der Waals surface area (Å²) in [6.45, 7) is 0.789. The Morgan fingerprint density at radius 2 is 1.75 bits per heavy atom. The lowest BCUT2D eigenvalue weighted by Crippen LogP contribution is -2.73. The number of anilines is 1. The molecule has 12 heteroatoms. The molecule has 0 spiro atoms. The number of esters is 1. The number of carbonyl (C=O) groups is 2. The quantitative estimate of drug-likeness (QED) is 0.304. The number of nitro benzene ring substituents is 1. The highest BCUT2D eigenvalue weighted by molar-refractivity contribution is 5.87. The number of benzene rings is 1. The van der Waals surface area contributed by atoms with E-state index in [1.54, 1.807) is 5.43 Å². The van der Waals surface area contributed by atoms with Gasteiger partial charge in [-0.3, -0.25) is 14.9 Å². The van der Waals surface area contributed by atoms with Crippen molar-refractivity contribution in [2.45, 2.75) is 18.8 Å². The molecule has 0 heterocycles. The van der Waals surface area contributed by atoms with Crippen LogP contribution in [0.3, 0.4) is 0 Å². The average Bonchev–Trinajstić information content (AvgIpc) is 2.49. The summed E-state index contributed by atoms with van der Waals surface area (Å²) in [5, 5.41) is 12.0. The highest BCUT2D eigenvalue weighted by Crippen LogP contribution is 2.30. The standard InChI is InChI=1S/C12H13F3N4O5/c1-7(20)16-11(10(21)24-2,12(13,14)15)18-17-8-3-5-9(6-4-8)19(22)23/h3-6,17-18H,1-2H3,(H,16,20). The molecule has 0 aliphatic heterocycles. The van der Waals surface area contributed by atoms with Gasteiger partial charge in [-0.1, -0.05) is 0 Å². The van der Waals surface area contributed by atoms with Gasteiger partial charge in [0.2, 0.25) is 5.91 Å².